The SMILES string of the molecule is CC1(c2cnc3c(Nc4cccc(F)c4)cc(OC4CCCNC4)nn23)CC1. The van der Waals surface area contributed by atoms with Crippen molar-refractivity contribution in [3.63, 3.8) is 0 Å². The summed E-state index contributed by atoms with van der Waals surface area (Å²) in [7, 11) is 0. The van der Waals surface area contributed by atoms with Gasteiger partial charge in [-0.25, -0.2) is 13.9 Å². The minimum absolute atomic E-state index is 0.101. The van der Waals surface area contributed by atoms with Crippen molar-refractivity contribution in [1.82, 2.24) is 19.9 Å². The van der Waals surface area contributed by atoms with Gasteiger partial charge in [-0.2, -0.15) is 0 Å². The van der Waals surface area contributed by atoms with Crippen LogP contribution in [0.25, 0.3) is 5.65 Å². The number of benzene rings is 1. The van der Waals surface area contributed by atoms with Gasteiger partial charge in [0.25, 0.3) is 0 Å². The number of halogens is 1. The summed E-state index contributed by atoms with van der Waals surface area (Å²) in [4.78, 5) is 4.61. The van der Waals surface area contributed by atoms with Crippen LogP contribution in [-0.2, 0) is 5.41 Å². The number of nitrogens with zero attached hydrogens (tertiary/aromatic N) is 3. The number of hydrogen-bond donors (Lipinski definition) is 2. The van der Waals surface area contributed by atoms with Gasteiger partial charge in [0.05, 0.1) is 17.6 Å². The lowest BCUT2D eigenvalue weighted by atomic mass is 10.1. The summed E-state index contributed by atoms with van der Waals surface area (Å²) >= 11 is 0. The van der Waals surface area contributed by atoms with Crippen LogP contribution in [0, 0.1) is 5.82 Å². The third kappa shape index (κ3) is 3.30. The smallest absolute Gasteiger partial charge is 0.234 e. The second-order valence-corrected chi connectivity index (χ2v) is 8.06. The fourth-order valence-corrected chi connectivity index (χ4v) is 3.76. The third-order valence-corrected chi connectivity index (χ3v) is 5.71. The number of ether oxygens (including phenoxy) is 1. The van der Waals surface area contributed by atoms with Gasteiger partial charge in [0.1, 0.15) is 11.9 Å². The first-order valence-electron chi connectivity index (χ1n) is 9.90. The molecule has 1 aliphatic carbocycles. The molecule has 1 aromatic carbocycles. The van der Waals surface area contributed by atoms with Crippen molar-refractivity contribution in [1.29, 1.82) is 0 Å². The van der Waals surface area contributed by atoms with Crippen molar-refractivity contribution in [2.45, 2.75) is 44.1 Å². The molecule has 2 N–H and O–H groups in total. The lowest BCUT2D eigenvalue weighted by Crippen LogP contribution is -2.37. The molecule has 1 unspecified atom stereocenters. The van der Waals surface area contributed by atoms with E-state index >= 15 is 0 Å². The van der Waals surface area contributed by atoms with Gasteiger partial charge in [-0.05, 0) is 50.4 Å². The van der Waals surface area contributed by atoms with Crippen LogP contribution in [0.5, 0.6) is 5.88 Å². The van der Waals surface area contributed by atoms with Gasteiger partial charge in [-0.3, -0.25) is 0 Å². The van der Waals surface area contributed by atoms with Crippen LogP contribution in [0.15, 0.2) is 36.5 Å². The quantitative estimate of drug-likeness (QED) is 0.704. The molecule has 2 aliphatic rings. The zero-order valence-corrected chi connectivity index (χ0v) is 15.9. The van der Waals surface area contributed by atoms with E-state index in [4.69, 9.17) is 9.84 Å². The molecule has 1 saturated carbocycles. The minimum Gasteiger partial charge on any atom is -0.472 e. The van der Waals surface area contributed by atoms with Crippen LogP contribution in [0.1, 0.15) is 38.3 Å². The van der Waals surface area contributed by atoms with Crippen molar-refractivity contribution in [2.24, 2.45) is 0 Å². The maximum absolute atomic E-state index is 13.6. The average Bonchev–Trinajstić information content (AvgIpc) is 3.27. The van der Waals surface area contributed by atoms with E-state index in [1.807, 2.05) is 22.8 Å². The van der Waals surface area contributed by atoms with Gasteiger partial charge in [0, 0.05) is 23.7 Å². The summed E-state index contributed by atoms with van der Waals surface area (Å²) in [6.45, 7) is 4.08. The number of hydrogen-bond acceptors (Lipinski definition) is 5. The Labute approximate surface area is 163 Å². The van der Waals surface area contributed by atoms with Gasteiger partial charge in [-0.1, -0.05) is 13.0 Å². The van der Waals surface area contributed by atoms with Crippen LogP contribution >= 0.6 is 0 Å². The van der Waals surface area contributed by atoms with Crippen LogP contribution in [0.4, 0.5) is 15.8 Å². The molecule has 1 atom stereocenters. The fourth-order valence-electron chi connectivity index (χ4n) is 3.76. The van der Waals surface area contributed by atoms with Crippen molar-refractivity contribution in [3.05, 3.63) is 48.0 Å². The van der Waals surface area contributed by atoms with Crippen LogP contribution in [0.3, 0.4) is 0 Å². The Kier molecular flexibility index (Phi) is 4.19. The highest BCUT2D eigenvalue weighted by molar-refractivity contribution is 5.74. The maximum Gasteiger partial charge on any atom is 0.234 e. The number of imidazole rings is 1. The highest BCUT2D eigenvalue weighted by Crippen LogP contribution is 2.47. The number of nitrogens with one attached hydrogen (secondary N) is 2. The predicted octanol–water partition coefficient (Wildman–Crippen LogP) is 3.79. The lowest BCUT2D eigenvalue weighted by Gasteiger charge is -2.23. The molecule has 0 amide bonds. The van der Waals surface area contributed by atoms with Crippen LogP contribution in [0.2, 0.25) is 0 Å². The van der Waals surface area contributed by atoms with E-state index in [0.717, 1.165) is 55.8 Å². The van der Waals surface area contributed by atoms with E-state index in [1.165, 1.54) is 12.1 Å². The molecule has 0 spiro atoms. The summed E-state index contributed by atoms with van der Waals surface area (Å²) in [6, 6.07) is 8.27. The van der Waals surface area contributed by atoms with Gasteiger partial charge < -0.3 is 15.4 Å². The number of fused-ring (bicyclic) bond motifs is 1. The Bertz CT molecular complexity index is 1010. The molecule has 146 valence electrons. The average molecular weight is 381 g/mol. The number of anilines is 2. The zero-order valence-electron chi connectivity index (χ0n) is 15.9. The molecular formula is C21H24FN5O. The molecule has 3 heterocycles. The van der Waals surface area contributed by atoms with E-state index in [-0.39, 0.29) is 17.3 Å². The lowest BCUT2D eigenvalue weighted by molar-refractivity contribution is 0.158. The summed E-state index contributed by atoms with van der Waals surface area (Å²) in [6.07, 6.45) is 6.37. The second kappa shape index (κ2) is 6.74. The van der Waals surface area contributed by atoms with Gasteiger partial charge in [-0.15, -0.1) is 5.10 Å². The minimum atomic E-state index is -0.283. The second-order valence-electron chi connectivity index (χ2n) is 8.06. The summed E-state index contributed by atoms with van der Waals surface area (Å²) in [5.41, 5.74) is 3.36. The van der Waals surface area contributed by atoms with E-state index in [2.05, 4.69) is 22.5 Å². The largest absolute Gasteiger partial charge is 0.472 e. The Morgan fingerprint density at radius 2 is 2.21 bits per heavy atom. The predicted molar refractivity (Wildman–Crippen MR) is 106 cm³/mol. The Hall–Kier alpha value is -2.67. The van der Waals surface area contributed by atoms with Crippen molar-refractivity contribution < 1.29 is 9.13 Å². The molecule has 0 radical (unpaired) electrons. The first-order chi connectivity index (χ1) is 13.6. The van der Waals surface area contributed by atoms with Crippen molar-refractivity contribution >= 4 is 17.0 Å². The Morgan fingerprint density at radius 3 is 2.96 bits per heavy atom. The van der Waals surface area contributed by atoms with Gasteiger partial charge in [0.2, 0.25) is 5.88 Å². The summed E-state index contributed by atoms with van der Waals surface area (Å²) in [5, 5.41) is 11.4. The monoisotopic (exact) mass is 381 g/mol. The molecule has 6 nitrogen and oxygen atoms in total. The zero-order chi connectivity index (χ0) is 19.1. The first kappa shape index (κ1) is 17.4. The molecule has 3 aromatic rings. The molecule has 28 heavy (non-hydrogen) atoms. The highest BCUT2D eigenvalue weighted by Gasteiger charge is 2.42. The topological polar surface area (TPSA) is 63.5 Å². The van der Waals surface area contributed by atoms with E-state index in [9.17, 15) is 4.39 Å². The molecule has 7 heteroatoms. The van der Waals surface area contributed by atoms with Crippen LogP contribution < -0.4 is 15.4 Å². The van der Waals surface area contributed by atoms with Gasteiger partial charge >= 0.3 is 0 Å². The first-order valence-corrected chi connectivity index (χ1v) is 9.90. The summed E-state index contributed by atoms with van der Waals surface area (Å²) in [5.74, 6) is 0.276. The normalized spacial score (nSPS) is 20.9. The molecule has 1 aliphatic heterocycles. The van der Waals surface area contributed by atoms with E-state index < -0.39 is 0 Å². The van der Waals surface area contributed by atoms with Crippen molar-refractivity contribution in [3.8, 4) is 5.88 Å². The molecule has 2 fully saturated rings. The fraction of sp³-hybridized carbons (Fsp3) is 0.429. The molecular weight excluding hydrogens is 357 g/mol. The van der Waals surface area contributed by atoms with E-state index in [0.29, 0.717) is 11.6 Å². The number of piperidine rings is 1. The maximum atomic E-state index is 13.6. The molecule has 0 bridgehead atoms. The van der Waals surface area contributed by atoms with Crippen LogP contribution in [-0.4, -0.2) is 33.8 Å². The number of aromatic nitrogens is 3. The van der Waals surface area contributed by atoms with Crippen molar-refractivity contribution in [2.75, 3.05) is 18.4 Å². The third-order valence-electron chi connectivity index (χ3n) is 5.71. The number of rotatable bonds is 5. The standard InChI is InChI=1S/C21H24FN5O/c1-21(7-8-21)18-13-24-20-17(25-15-5-2-4-14(22)10-15)11-19(26-27(18)20)28-16-6-3-9-23-12-16/h2,4-5,10-11,13,16,23,25H,3,6-9,12H2,1H3. The summed E-state index contributed by atoms with van der Waals surface area (Å²) < 4.78 is 21.7. The highest BCUT2D eigenvalue weighted by atomic mass is 19.1. The molecule has 5 rings (SSSR count). The Balaban J connectivity index is 1.55. The molecule has 2 aromatic heterocycles. The molecule has 1 saturated heterocycles. The van der Waals surface area contributed by atoms with Gasteiger partial charge in [0.15, 0.2) is 5.65 Å². The van der Waals surface area contributed by atoms with E-state index in [1.54, 1.807) is 6.07 Å². The Morgan fingerprint density at radius 1 is 1.32 bits per heavy atom.